The Balaban J connectivity index is 4.23. The number of rotatable bonds is 11. The molecule has 0 spiro atoms. The van der Waals surface area contributed by atoms with Crippen molar-refractivity contribution in [2.24, 2.45) is 0 Å². The smallest absolute Gasteiger partial charge is 0.243 e. The quantitative estimate of drug-likeness (QED) is 0.260. The predicted molar refractivity (Wildman–Crippen MR) is 78.1 cm³/mol. The molecular weight excluding hydrogens is 280 g/mol. The number of hydrogen-bond donors (Lipinski definition) is 1. The molecule has 0 saturated heterocycles. The molecule has 118 valence electrons. The number of amides is 1. The van der Waals surface area contributed by atoms with Gasteiger partial charge in [0.05, 0.1) is 36.3 Å². The molecular formula is C13H26N2O4S. The molecule has 0 aliphatic rings. The Morgan fingerprint density at radius 1 is 1.25 bits per heavy atom. The highest BCUT2D eigenvalue weighted by Crippen LogP contribution is 2.10. The average molecular weight is 306 g/mol. The first-order valence-corrected chi connectivity index (χ1v) is 8.55. The second kappa shape index (κ2) is 9.10. The first-order valence-electron chi connectivity index (χ1n) is 6.97. The topological polar surface area (TPSA) is 86.3 Å². The van der Waals surface area contributed by atoms with Crippen LogP contribution in [-0.2, 0) is 14.9 Å². The third kappa shape index (κ3) is 8.29. The normalized spacial score (nSPS) is 12.2. The highest BCUT2D eigenvalue weighted by Gasteiger charge is 2.22. The van der Waals surface area contributed by atoms with Gasteiger partial charge in [-0.1, -0.05) is 6.58 Å². The molecule has 0 bridgehead atoms. The van der Waals surface area contributed by atoms with Crippen molar-refractivity contribution in [2.75, 3.05) is 38.5 Å². The lowest BCUT2D eigenvalue weighted by Crippen LogP contribution is -2.50. The van der Waals surface area contributed by atoms with Crippen molar-refractivity contribution < 1.29 is 22.2 Å². The van der Waals surface area contributed by atoms with Crippen molar-refractivity contribution in [3.8, 4) is 0 Å². The van der Waals surface area contributed by atoms with Crippen LogP contribution < -0.4 is 5.32 Å². The van der Waals surface area contributed by atoms with Crippen molar-refractivity contribution >= 4 is 16.0 Å². The van der Waals surface area contributed by atoms with Gasteiger partial charge in [0.15, 0.2) is 0 Å². The molecule has 0 atom stereocenters. The van der Waals surface area contributed by atoms with Gasteiger partial charge in [-0.3, -0.25) is 4.79 Å². The molecule has 0 radical (unpaired) electrons. The summed E-state index contributed by atoms with van der Waals surface area (Å²) in [6.45, 7) is 11.3. The Kier molecular flexibility index (Phi) is 8.68. The van der Waals surface area contributed by atoms with E-state index in [4.69, 9.17) is 0 Å². The Labute approximate surface area is 122 Å². The van der Waals surface area contributed by atoms with Crippen LogP contribution in [0.2, 0.25) is 0 Å². The summed E-state index contributed by atoms with van der Waals surface area (Å²) in [6.07, 6.45) is 2.43. The van der Waals surface area contributed by atoms with E-state index in [0.717, 1.165) is 30.5 Å². The van der Waals surface area contributed by atoms with Crippen molar-refractivity contribution in [3.05, 3.63) is 12.7 Å². The molecule has 0 unspecified atom stereocenters. The molecule has 6 nitrogen and oxygen atoms in total. The van der Waals surface area contributed by atoms with Gasteiger partial charge >= 0.3 is 0 Å². The highest BCUT2D eigenvalue weighted by molar-refractivity contribution is 7.85. The van der Waals surface area contributed by atoms with Gasteiger partial charge in [0.2, 0.25) is 5.91 Å². The van der Waals surface area contributed by atoms with Crippen molar-refractivity contribution in [1.82, 2.24) is 5.32 Å². The monoisotopic (exact) mass is 306 g/mol. The zero-order valence-corrected chi connectivity index (χ0v) is 13.2. The molecule has 0 saturated carbocycles. The van der Waals surface area contributed by atoms with Gasteiger partial charge in [0.1, 0.15) is 0 Å². The van der Waals surface area contributed by atoms with Crippen LogP contribution >= 0.6 is 0 Å². The van der Waals surface area contributed by atoms with Crippen LogP contribution in [-0.4, -0.2) is 61.8 Å². The number of nitrogens with zero attached hydrogens (tertiary/aromatic N) is 1. The molecule has 0 rings (SSSR count). The van der Waals surface area contributed by atoms with E-state index >= 15 is 0 Å². The van der Waals surface area contributed by atoms with E-state index in [-0.39, 0.29) is 11.7 Å². The van der Waals surface area contributed by atoms with E-state index in [1.54, 1.807) is 0 Å². The second-order valence-corrected chi connectivity index (χ2v) is 6.41. The van der Waals surface area contributed by atoms with E-state index in [1.807, 2.05) is 0 Å². The van der Waals surface area contributed by atoms with Crippen LogP contribution in [0.4, 0.5) is 0 Å². The largest absolute Gasteiger partial charge is 0.748 e. The average Bonchev–Trinajstić information content (AvgIpc) is 2.40. The minimum Gasteiger partial charge on any atom is -0.748 e. The van der Waals surface area contributed by atoms with E-state index in [2.05, 4.69) is 25.7 Å². The maximum atomic E-state index is 11.0. The summed E-state index contributed by atoms with van der Waals surface area (Å²) < 4.78 is 32.7. The first kappa shape index (κ1) is 19.1. The number of quaternary nitrogens is 1. The van der Waals surface area contributed by atoms with Crippen LogP contribution in [0.5, 0.6) is 0 Å². The summed E-state index contributed by atoms with van der Waals surface area (Å²) in [6, 6.07) is 0. The van der Waals surface area contributed by atoms with E-state index in [9.17, 15) is 17.8 Å². The Morgan fingerprint density at radius 2 is 1.80 bits per heavy atom. The number of carbonyl (C=O) groups excluding carboxylic acids is 1. The van der Waals surface area contributed by atoms with Gasteiger partial charge < -0.3 is 14.4 Å². The summed E-state index contributed by atoms with van der Waals surface area (Å²) in [7, 11) is -4.13. The van der Waals surface area contributed by atoms with E-state index in [0.29, 0.717) is 19.5 Å². The van der Waals surface area contributed by atoms with Crippen molar-refractivity contribution in [3.63, 3.8) is 0 Å². The summed E-state index contributed by atoms with van der Waals surface area (Å²) in [5, 5.41) is 2.72. The standard InChI is InChI=1S/C13H26N2O4S/c1-4-13(16)14-9-7-10-15(5-2,6-3)11-8-12-20(17,18)19/h4H,1,5-12H2,2-3H3,(H-,14,16,17,18,19). The number of nitrogens with one attached hydrogen (secondary N) is 1. The summed E-state index contributed by atoms with van der Waals surface area (Å²) in [5.41, 5.74) is 0. The van der Waals surface area contributed by atoms with Crippen molar-refractivity contribution in [2.45, 2.75) is 26.7 Å². The fourth-order valence-electron chi connectivity index (χ4n) is 2.24. The third-order valence-electron chi connectivity index (χ3n) is 3.66. The van der Waals surface area contributed by atoms with Gasteiger partial charge in [0, 0.05) is 25.1 Å². The SMILES string of the molecule is C=CC(=O)NCCC[N+](CC)(CC)CCCS(=O)(=O)[O-]. The third-order valence-corrected chi connectivity index (χ3v) is 4.45. The Hall–Kier alpha value is -0.920. The van der Waals surface area contributed by atoms with Crippen LogP contribution in [0.25, 0.3) is 0 Å². The zero-order valence-electron chi connectivity index (χ0n) is 12.4. The van der Waals surface area contributed by atoms with Gasteiger partial charge in [0.25, 0.3) is 0 Å². The molecule has 0 aliphatic heterocycles. The molecule has 1 amide bonds. The summed E-state index contributed by atoms with van der Waals surface area (Å²) in [5.74, 6) is -0.492. The zero-order chi connectivity index (χ0) is 15.6. The maximum Gasteiger partial charge on any atom is 0.243 e. The maximum absolute atomic E-state index is 11.0. The van der Waals surface area contributed by atoms with Crippen molar-refractivity contribution in [1.29, 1.82) is 0 Å². The summed E-state index contributed by atoms with van der Waals surface area (Å²) >= 11 is 0. The van der Waals surface area contributed by atoms with Gasteiger partial charge in [-0.25, -0.2) is 8.42 Å². The van der Waals surface area contributed by atoms with Crippen LogP contribution in [0.1, 0.15) is 26.7 Å². The Bertz CT molecular complexity index is 403. The van der Waals surface area contributed by atoms with Crippen LogP contribution in [0.15, 0.2) is 12.7 Å². The predicted octanol–water partition coefficient (Wildman–Crippen LogP) is 0.471. The fraction of sp³-hybridized carbons (Fsp3) is 0.769. The molecule has 0 aliphatic carbocycles. The molecule has 0 heterocycles. The van der Waals surface area contributed by atoms with Gasteiger partial charge in [-0.05, 0) is 19.9 Å². The molecule has 20 heavy (non-hydrogen) atoms. The lowest BCUT2D eigenvalue weighted by Gasteiger charge is -2.37. The molecule has 0 fully saturated rings. The number of carbonyl (C=O) groups is 1. The minimum absolute atomic E-state index is 0.187. The van der Waals surface area contributed by atoms with Gasteiger partial charge in [-0.15, -0.1) is 0 Å². The molecule has 0 aromatic heterocycles. The first-order chi connectivity index (χ1) is 9.28. The van der Waals surface area contributed by atoms with E-state index < -0.39 is 10.1 Å². The van der Waals surface area contributed by atoms with Gasteiger partial charge in [-0.2, -0.15) is 0 Å². The Morgan fingerprint density at radius 3 is 2.25 bits per heavy atom. The fourth-order valence-corrected chi connectivity index (χ4v) is 2.73. The molecule has 7 heteroatoms. The summed E-state index contributed by atoms with van der Waals surface area (Å²) in [4.78, 5) is 11.0. The lowest BCUT2D eigenvalue weighted by molar-refractivity contribution is -0.925. The van der Waals surface area contributed by atoms with Crippen LogP contribution in [0.3, 0.4) is 0 Å². The molecule has 1 N–H and O–H groups in total. The highest BCUT2D eigenvalue weighted by atomic mass is 32.2. The lowest BCUT2D eigenvalue weighted by atomic mass is 10.2. The van der Waals surface area contributed by atoms with Crippen LogP contribution in [0, 0.1) is 0 Å². The number of hydrogen-bond acceptors (Lipinski definition) is 4. The molecule has 0 aromatic rings. The van der Waals surface area contributed by atoms with E-state index in [1.165, 1.54) is 6.08 Å². The minimum atomic E-state index is -4.13. The molecule has 0 aromatic carbocycles. The second-order valence-electron chi connectivity index (χ2n) is 4.89.